The van der Waals surface area contributed by atoms with Crippen LogP contribution in [-0.2, 0) is 23.7 Å². The SMILES string of the molecule is O=C[C@H](O)[C@@H](OC1O[C@H](CO)[C@H](O)[C@H](OC2O[C@H](CO)[C@H](O)[C@H](O)[C@H]2O)[C@H]1O)[C@@H](O)CO. The topological polar surface area (TPSA) is 256 Å². The molecule has 13 atom stereocenters. The lowest BCUT2D eigenvalue weighted by molar-refractivity contribution is -0.367. The van der Waals surface area contributed by atoms with Crippen LogP contribution in [0.1, 0.15) is 0 Å². The van der Waals surface area contributed by atoms with Crippen molar-refractivity contribution in [3.63, 3.8) is 0 Å². The first-order valence-corrected chi connectivity index (χ1v) is 9.77. The third-order valence-corrected chi connectivity index (χ3v) is 5.30. The average molecular weight is 474 g/mol. The van der Waals surface area contributed by atoms with Crippen molar-refractivity contribution in [3.8, 4) is 0 Å². The zero-order valence-corrected chi connectivity index (χ0v) is 16.7. The fraction of sp³-hybridized carbons (Fsp3) is 0.941. The molecule has 32 heavy (non-hydrogen) atoms. The van der Waals surface area contributed by atoms with Gasteiger partial charge in [-0.25, -0.2) is 0 Å². The third-order valence-electron chi connectivity index (χ3n) is 5.30. The lowest BCUT2D eigenvalue weighted by Gasteiger charge is -2.46. The van der Waals surface area contributed by atoms with Gasteiger partial charge in [0.05, 0.1) is 19.8 Å². The second-order valence-electron chi connectivity index (χ2n) is 7.48. The smallest absolute Gasteiger partial charge is 0.187 e. The van der Waals surface area contributed by atoms with E-state index in [0.29, 0.717) is 0 Å². The fourth-order valence-corrected chi connectivity index (χ4v) is 3.40. The quantitative estimate of drug-likeness (QED) is 0.132. The van der Waals surface area contributed by atoms with E-state index in [1.54, 1.807) is 0 Å². The predicted molar refractivity (Wildman–Crippen MR) is 96.4 cm³/mol. The number of hydrogen-bond donors (Lipinski definition) is 10. The van der Waals surface area contributed by atoms with Crippen molar-refractivity contribution in [2.45, 2.75) is 79.7 Å². The largest absolute Gasteiger partial charge is 0.394 e. The van der Waals surface area contributed by atoms with Gasteiger partial charge in [0.2, 0.25) is 0 Å². The van der Waals surface area contributed by atoms with Crippen LogP contribution in [0.25, 0.3) is 0 Å². The van der Waals surface area contributed by atoms with Gasteiger partial charge in [-0.1, -0.05) is 0 Å². The Morgan fingerprint density at radius 2 is 1.34 bits per heavy atom. The van der Waals surface area contributed by atoms with Crippen LogP contribution >= 0.6 is 0 Å². The molecule has 2 fully saturated rings. The number of aliphatic hydroxyl groups is 10. The van der Waals surface area contributed by atoms with Gasteiger partial charge in [-0.2, -0.15) is 0 Å². The molecule has 2 unspecified atom stereocenters. The van der Waals surface area contributed by atoms with Crippen molar-refractivity contribution in [1.29, 1.82) is 0 Å². The van der Waals surface area contributed by atoms with Crippen molar-refractivity contribution >= 4 is 6.29 Å². The van der Waals surface area contributed by atoms with Gasteiger partial charge < -0.3 is 74.8 Å². The summed E-state index contributed by atoms with van der Waals surface area (Å²) in [5.74, 6) is 0. The van der Waals surface area contributed by atoms with Gasteiger partial charge in [0.1, 0.15) is 67.1 Å². The minimum Gasteiger partial charge on any atom is -0.394 e. The van der Waals surface area contributed by atoms with Crippen LogP contribution in [-0.4, -0.2) is 157 Å². The van der Waals surface area contributed by atoms with Gasteiger partial charge in [-0.3, -0.25) is 0 Å². The summed E-state index contributed by atoms with van der Waals surface area (Å²) < 4.78 is 21.0. The summed E-state index contributed by atoms with van der Waals surface area (Å²) in [6, 6.07) is 0. The number of hydrogen-bond acceptors (Lipinski definition) is 15. The first-order valence-electron chi connectivity index (χ1n) is 9.77. The van der Waals surface area contributed by atoms with Gasteiger partial charge in [-0.15, -0.1) is 0 Å². The Morgan fingerprint density at radius 3 is 1.88 bits per heavy atom. The number of ether oxygens (including phenoxy) is 4. The highest BCUT2D eigenvalue weighted by molar-refractivity contribution is 5.56. The van der Waals surface area contributed by atoms with E-state index in [4.69, 9.17) is 24.1 Å². The first kappa shape index (κ1) is 27.4. The predicted octanol–water partition coefficient (Wildman–Crippen LogP) is -7.09. The molecule has 0 bridgehead atoms. The number of aldehydes is 1. The molecule has 0 aliphatic carbocycles. The molecule has 188 valence electrons. The van der Waals surface area contributed by atoms with Crippen LogP contribution in [0.15, 0.2) is 0 Å². The van der Waals surface area contributed by atoms with E-state index in [2.05, 4.69) is 0 Å². The Bertz CT molecular complexity index is 578. The zero-order chi connectivity index (χ0) is 24.2. The molecular formula is C17H30O15. The molecule has 2 saturated heterocycles. The molecule has 0 saturated carbocycles. The van der Waals surface area contributed by atoms with Crippen LogP contribution in [0.2, 0.25) is 0 Å². The van der Waals surface area contributed by atoms with Crippen molar-refractivity contribution in [2.24, 2.45) is 0 Å². The van der Waals surface area contributed by atoms with E-state index in [0.717, 1.165) is 0 Å². The van der Waals surface area contributed by atoms with Gasteiger partial charge in [0.25, 0.3) is 0 Å². The third kappa shape index (κ3) is 5.78. The van der Waals surface area contributed by atoms with E-state index in [1.165, 1.54) is 0 Å². The molecule has 0 aromatic heterocycles. The molecule has 0 amide bonds. The second kappa shape index (κ2) is 12.0. The van der Waals surface area contributed by atoms with Crippen LogP contribution in [0, 0.1) is 0 Å². The summed E-state index contributed by atoms with van der Waals surface area (Å²) >= 11 is 0. The lowest BCUT2D eigenvalue weighted by Crippen LogP contribution is -2.65. The standard InChI is InChI=1S/C17H30O15/c18-1-5(22)14(6(23)2-19)31-17-13(28)15(10(25)8(4-21)30-17)32-16-12(27)11(26)9(24)7(3-20)29-16/h1,5-17,19-28H,2-4H2/t5-,6-,7+,8+,9-,10-,11-,12+,13+,14+,15-,16?,17?/m0/s1. The zero-order valence-electron chi connectivity index (χ0n) is 16.7. The molecule has 15 heteroatoms. The molecule has 0 radical (unpaired) electrons. The summed E-state index contributed by atoms with van der Waals surface area (Å²) in [7, 11) is 0. The number of aliphatic hydroxyl groups excluding tert-OH is 10. The number of carbonyl (C=O) groups excluding carboxylic acids is 1. The van der Waals surface area contributed by atoms with E-state index in [-0.39, 0.29) is 6.29 Å². The van der Waals surface area contributed by atoms with Crippen LogP contribution in [0.4, 0.5) is 0 Å². The van der Waals surface area contributed by atoms with Crippen LogP contribution in [0.3, 0.4) is 0 Å². The Labute approximate surface area is 181 Å². The Kier molecular flexibility index (Phi) is 10.3. The van der Waals surface area contributed by atoms with E-state index in [1.807, 2.05) is 0 Å². The van der Waals surface area contributed by atoms with Gasteiger partial charge in [0.15, 0.2) is 18.9 Å². The van der Waals surface area contributed by atoms with Crippen LogP contribution < -0.4 is 0 Å². The van der Waals surface area contributed by atoms with Crippen LogP contribution in [0.5, 0.6) is 0 Å². The van der Waals surface area contributed by atoms with E-state index >= 15 is 0 Å². The molecule has 0 aromatic carbocycles. The molecule has 2 aliphatic heterocycles. The van der Waals surface area contributed by atoms with Crippen molar-refractivity contribution < 1.29 is 74.8 Å². The normalized spacial score (nSPS) is 43.4. The molecule has 0 spiro atoms. The summed E-state index contributed by atoms with van der Waals surface area (Å²) in [6.45, 7) is -2.53. The maximum Gasteiger partial charge on any atom is 0.187 e. The van der Waals surface area contributed by atoms with E-state index in [9.17, 15) is 50.8 Å². The highest BCUT2D eigenvalue weighted by Gasteiger charge is 2.51. The highest BCUT2D eigenvalue weighted by atomic mass is 16.7. The first-order chi connectivity index (χ1) is 15.1. The molecule has 0 aromatic rings. The van der Waals surface area contributed by atoms with Gasteiger partial charge in [0, 0.05) is 0 Å². The molecular weight excluding hydrogens is 444 g/mol. The summed E-state index contributed by atoms with van der Waals surface area (Å²) in [5.41, 5.74) is 0. The van der Waals surface area contributed by atoms with Crippen molar-refractivity contribution in [2.75, 3.05) is 19.8 Å². The lowest BCUT2D eigenvalue weighted by atomic mass is 9.97. The summed E-state index contributed by atoms with van der Waals surface area (Å²) in [5, 5.41) is 98.2. The second-order valence-corrected chi connectivity index (χ2v) is 7.48. The van der Waals surface area contributed by atoms with Crippen molar-refractivity contribution in [1.82, 2.24) is 0 Å². The average Bonchev–Trinajstić information content (AvgIpc) is 2.80. The maximum atomic E-state index is 10.9. The van der Waals surface area contributed by atoms with Crippen molar-refractivity contribution in [3.05, 3.63) is 0 Å². The number of rotatable bonds is 10. The molecule has 15 nitrogen and oxygen atoms in total. The fourth-order valence-electron chi connectivity index (χ4n) is 3.40. The maximum absolute atomic E-state index is 10.9. The molecule has 2 rings (SSSR count). The summed E-state index contributed by atoms with van der Waals surface area (Å²) in [4.78, 5) is 10.9. The number of carbonyl (C=O) groups is 1. The minimum atomic E-state index is -1.95. The Balaban J connectivity index is 2.23. The van der Waals surface area contributed by atoms with Gasteiger partial charge in [-0.05, 0) is 0 Å². The van der Waals surface area contributed by atoms with Gasteiger partial charge >= 0.3 is 0 Å². The Hall–Kier alpha value is -0.890. The van der Waals surface area contributed by atoms with E-state index < -0.39 is 99.5 Å². The molecule has 2 aliphatic rings. The monoisotopic (exact) mass is 474 g/mol. The highest BCUT2D eigenvalue weighted by Crippen LogP contribution is 2.30. The molecule has 2 heterocycles. The Morgan fingerprint density at radius 1 is 0.781 bits per heavy atom. The summed E-state index contributed by atoms with van der Waals surface area (Å²) in [6.07, 6.45) is -22.7. The minimum absolute atomic E-state index is 0.000930. The molecule has 10 N–H and O–H groups in total.